The van der Waals surface area contributed by atoms with Crippen molar-refractivity contribution in [1.29, 1.82) is 0 Å². The molecule has 1 aliphatic heterocycles. The van der Waals surface area contributed by atoms with Gasteiger partial charge in [-0.1, -0.05) is 6.92 Å². The van der Waals surface area contributed by atoms with Gasteiger partial charge in [-0.25, -0.2) is 4.99 Å². The van der Waals surface area contributed by atoms with E-state index in [9.17, 15) is 0 Å². The summed E-state index contributed by atoms with van der Waals surface area (Å²) >= 11 is 0. The molecule has 1 heterocycles. The van der Waals surface area contributed by atoms with E-state index in [0.717, 1.165) is 43.5 Å². The Kier molecular flexibility index (Phi) is 10.6. The van der Waals surface area contributed by atoms with Crippen LogP contribution in [0.2, 0.25) is 0 Å². The van der Waals surface area contributed by atoms with E-state index in [0.29, 0.717) is 30.4 Å². The molecule has 2 rings (SSSR count). The van der Waals surface area contributed by atoms with E-state index < -0.39 is 0 Å². The number of guanidine groups is 1. The predicted molar refractivity (Wildman–Crippen MR) is 123 cm³/mol. The second-order valence-corrected chi connectivity index (χ2v) is 7.76. The third-order valence-corrected chi connectivity index (χ3v) is 5.39. The van der Waals surface area contributed by atoms with Gasteiger partial charge in [0.2, 0.25) is 5.75 Å². The van der Waals surface area contributed by atoms with Crippen LogP contribution in [-0.2, 0) is 6.54 Å². The maximum Gasteiger partial charge on any atom is 0.203 e. The van der Waals surface area contributed by atoms with Gasteiger partial charge in [-0.15, -0.1) is 0 Å². The zero-order valence-corrected chi connectivity index (χ0v) is 19.4. The van der Waals surface area contributed by atoms with Crippen LogP contribution in [0.5, 0.6) is 17.2 Å². The number of benzene rings is 1. The summed E-state index contributed by atoms with van der Waals surface area (Å²) in [5, 5.41) is 6.78. The maximum atomic E-state index is 5.68. The van der Waals surface area contributed by atoms with Gasteiger partial charge in [0.1, 0.15) is 0 Å². The topological polar surface area (TPSA) is 67.4 Å². The van der Waals surface area contributed by atoms with Gasteiger partial charge in [0.05, 0.1) is 27.4 Å². The summed E-state index contributed by atoms with van der Waals surface area (Å²) in [6, 6.07) is 3.91. The highest BCUT2D eigenvalue weighted by Gasteiger charge is 2.15. The van der Waals surface area contributed by atoms with Crippen molar-refractivity contribution in [2.45, 2.75) is 46.6 Å². The summed E-state index contributed by atoms with van der Waals surface area (Å²) in [4.78, 5) is 7.31. The largest absolute Gasteiger partial charge is 0.493 e. The molecule has 0 aliphatic carbocycles. The lowest BCUT2D eigenvalue weighted by molar-refractivity contribution is 0.191. The molecular formula is C23H40N4O3. The molecular weight excluding hydrogens is 380 g/mol. The second kappa shape index (κ2) is 13.2. The minimum absolute atomic E-state index is 0.526. The highest BCUT2D eigenvalue weighted by molar-refractivity contribution is 5.79. The number of hydrogen-bond acceptors (Lipinski definition) is 5. The molecule has 0 unspecified atom stereocenters. The fourth-order valence-corrected chi connectivity index (χ4v) is 3.62. The standard InChI is InChI=1S/C23H40N4O3/c1-6-24-23(25-11-8-12-27-13-9-18(3)10-14-27)26-17-19-15-20(28-4)22(30-7-2)21(16-19)29-5/h15-16,18H,6-14,17H2,1-5H3,(H2,24,25,26). The Labute approximate surface area is 182 Å². The number of piperidine rings is 1. The van der Waals surface area contributed by atoms with Gasteiger partial charge in [-0.05, 0) is 76.4 Å². The zero-order chi connectivity index (χ0) is 21.8. The minimum atomic E-state index is 0.526. The average Bonchev–Trinajstić information content (AvgIpc) is 2.76. The molecule has 0 bridgehead atoms. The van der Waals surface area contributed by atoms with Crippen molar-refractivity contribution in [3.8, 4) is 17.2 Å². The maximum absolute atomic E-state index is 5.68. The molecule has 1 saturated heterocycles. The molecule has 7 heteroatoms. The van der Waals surface area contributed by atoms with Crippen LogP contribution in [0.1, 0.15) is 45.6 Å². The monoisotopic (exact) mass is 420 g/mol. The molecule has 1 aliphatic rings. The molecule has 7 nitrogen and oxygen atoms in total. The molecule has 2 N–H and O–H groups in total. The number of methoxy groups -OCH3 is 2. The van der Waals surface area contributed by atoms with E-state index in [1.54, 1.807) is 14.2 Å². The lowest BCUT2D eigenvalue weighted by Crippen LogP contribution is -2.39. The fourth-order valence-electron chi connectivity index (χ4n) is 3.62. The third kappa shape index (κ3) is 7.59. The number of hydrogen-bond donors (Lipinski definition) is 2. The summed E-state index contributed by atoms with van der Waals surface area (Å²) in [5.74, 6) is 3.67. The molecule has 0 atom stereocenters. The molecule has 0 amide bonds. The van der Waals surface area contributed by atoms with Crippen LogP contribution < -0.4 is 24.8 Å². The highest BCUT2D eigenvalue weighted by atomic mass is 16.5. The summed E-state index contributed by atoms with van der Waals surface area (Å²) in [6.07, 6.45) is 3.77. The first-order valence-electron chi connectivity index (χ1n) is 11.2. The van der Waals surface area contributed by atoms with E-state index in [1.807, 2.05) is 19.1 Å². The van der Waals surface area contributed by atoms with Crippen LogP contribution in [0.4, 0.5) is 0 Å². The van der Waals surface area contributed by atoms with Crippen LogP contribution in [0.25, 0.3) is 0 Å². The van der Waals surface area contributed by atoms with Crippen molar-refractivity contribution in [3.63, 3.8) is 0 Å². The number of ether oxygens (including phenoxy) is 3. The number of nitrogens with one attached hydrogen (secondary N) is 2. The van der Waals surface area contributed by atoms with E-state index in [1.165, 1.54) is 25.9 Å². The predicted octanol–water partition coefficient (Wildman–Crippen LogP) is 3.28. The molecule has 0 saturated carbocycles. The minimum Gasteiger partial charge on any atom is -0.493 e. The van der Waals surface area contributed by atoms with Gasteiger partial charge in [0.25, 0.3) is 0 Å². The van der Waals surface area contributed by atoms with Crippen LogP contribution in [0.3, 0.4) is 0 Å². The van der Waals surface area contributed by atoms with Gasteiger partial charge in [0.15, 0.2) is 17.5 Å². The number of nitrogens with zero attached hydrogens (tertiary/aromatic N) is 2. The first-order valence-corrected chi connectivity index (χ1v) is 11.2. The summed E-state index contributed by atoms with van der Waals surface area (Å²) in [6.45, 7) is 12.8. The third-order valence-electron chi connectivity index (χ3n) is 5.39. The van der Waals surface area contributed by atoms with Crippen LogP contribution in [0.15, 0.2) is 17.1 Å². The lowest BCUT2D eigenvalue weighted by Gasteiger charge is -2.30. The second-order valence-electron chi connectivity index (χ2n) is 7.76. The van der Waals surface area contributed by atoms with E-state index in [4.69, 9.17) is 19.2 Å². The van der Waals surface area contributed by atoms with E-state index >= 15 is 0 Å². The SMILES string of the molecule is CCNC(=NCc1cc(OC)c(OCC)c(OC)c1)NCCCN1CCC(C)CC1. The molecule has 30 heavy (non-hydrogen) atoms. The van der Waals surface area contributed by atoms with Gasteiger partial charge in [-0.3, -0.25) is 0 Å². The first-order chi connectivity index (χ1) is 14.6. The Morgan fingerprint density at radius 1 is 1.10 bits per heavy atom. The molecule has 1 aromatic rings. The molecule has 0 aromatic heterocycles. The zero-order valence-electron chi connectivity index (χ0n) is 19.4. The Morgan fingerprint density at radius 2 is 1.77 bits per heavy atom. The average molecular weight is 421 g/mol. The van der Waals surface area contributed by atoms with Gasteiger partial charge >= 0.3 is 0 Å². The lowest BCUT2D eigenvalue weighted by atomic mass is 9.99. The number of rotatable bonds is 11. The van der Waals surface area contributed by atoms with E-state index in [2.05, 4.69) is 29.4 Å². The number of aliphatic imine (C=N–C) groups is 1. The normalized spacial score (nSPS) is 15.7. The Hall–Kier alpha value is -2.15. The van der Waals surface area contributed by atoms with Crippen LogP contribution in [0, 0.1) is 5.92 Å². The summed E-state index contributed by atoms with van der Waals surface area (Å²) in [5.41, 5.74) is 1.01. The first kappa shape index (κ1) is 24.1. The fraction of sp³-hybridized carbons (Fsp3) is 0.696. The smallest absolute Gasteiger partial charge is 0.203 e. The van der Waals surface area contributed by atoms with Gasteiger partial charge in [0, 0.05) is 13.1 Å². The Bertz CT molecular complexity index is 633. The van der Waals surface area contributed by atoms with Crippen molar-refractivity contribution < 1.29 is 14.2 Å². The van der Waals surface area contributed by atoms with E-state index in [-0.39, 0.29) is 0 Å². The Balaban J connectivity index is 1.91. The van der Waals surface area contributed by atoms with Gasteiger partial charge < -0.3 is 29.7 Å². The molecule has 1 aromatic carbocycles. The molecule has 0 radical (unpaired) electrons. The number of likely N-dealkylation sites (tertiary alicyclic amines) is 1. The molecule has 170 valence electrons. The van der Waals surface area contributed by atoms with Crippen molar-refractivity contribution >= 4 is 5.96 Å². The van der Waals surface area contributed by atoms with Gasteiger partial charge in [-0.2, -0.15) is 0 Å². The van der Waals surface area contributed by atoms with Crippen molar-refractivity contribution in [1.82, 2.24) is 15.5 Å². The summed E-state index contributed by atoms with van der Waals surface area (Å²) in [7, 11) is 3.28. The van der Waals surface area contributed by atoms with Crippen molar-refractivity contribution in [2.24, 2.45) is 10.9 Å². The Morgan fingerprint density at radius 3 is 2.33 bits per heavy atom. The quantitative estimate of drug-likeness (QED) is 0.325. The van der Waals surface area contributed by atoms with Crippen molar-refractivity contribution in [3.05, 3.63) is 17.7 Å². The summed E-state index contributed by atoms with van der Waals surface area (Å²) < 4.78 is 16.7. The van der Waals surface area contributed by atoms with Crippen LogP contribution >= 0.6 is 0 Å². The highest BCUT2D eigenvalue weighted by Crippen LogP contribution is 2.38. The molecule has 0 spiro atoms. The van der Waals surface area contributed by atoms with Crippen molar-refractivity contribution in [2.75, 3.05) is 53.6 Å². The molecule has 1 fully saturated rings. The van der Waals surface area contributed by atoms with Crippen LogP contribution in [-0.4, -0.2) is 64.4 Å².